The molecular weight excluding hydrogens is 400 g/mol. The number of hydrogen-bond donors (Lipinski definition) is 1. The number of carbonyl (C=O) groups excluding carboxylic acids is 1. The highest BCUT2D eigenvalue weighted by Crippen LogP contribution is 2.57. The molecule has 1 fully saturated rings. The van der Waals surface area contributed by atoms with Gasteiger partial charge in [0, 0.05) is 34.6 Å². The minimum absolute atomic E-state index is 0.00190. The molecule has 1 spiro atoms. The molecule has 1 aromatic heterocycles. The van der Waals surface area contributed by atoms with Gasteiger partial charge in [-0.1, -0.05) is 18.6 Å². The number of halogens is 3. The summed E-state index contributed by atoms with van der Waals surface area (Å²) in [4.78, 5) is 15.2. The van der Waals surface area contributed by atoms with Gasteiger partial charge in [-0.15, -0.1) is 8.78 Å². The first kappa shape index (κ1) is 18.1. The van der Waals surface area contributed by atoms with E-state index >= 15 is 0 Å². The number of nitrogens with zero attached hydrogens (tertiary/aromatic N) is 2. The van der Waals surface area contributed by atoms with Crippen molar-refractivity contribution in [1.29, 1.82) is 0 Å². The molecule has 0 radical (unpaired) electrons. The van der Waals surface area contributed by atoms with Gasteiger partial charge in [-0.25, -0.2) is 0 Å². The molecule has 2 heterocycles. The van der Waals surface area contributed by atoms with Crippen LogP contribution in [0.25, 0.3) is 11.3 Å². The monoisotopic (exact) mass is 415 g/mol. The van der Waals surface area contributed by atoms with Crippen molar-refractivity contribution < 1.29 is 18.3 Å². The fraction of sp³-hybridized carbons (Fsp3) is 0.238. The second-order valence-electron chi connectivity index (χ2n) is 7.29. The van der Waals surface area contributed by atoms with Gasteiger partial charge >= 0.3 is 5.57 Å². The Kier molecular flexibility index (Phi) is 3.93. The van der Waals surface area contributed by atoms with Gasteiger partial charge in [0.25, 0.3) is 0 Å². The standard InChI is InChI=1S/C21H16ClF2N3O2/c22-21(23,24)29-14-7-5-13(6-8-14)27-17-4-1-3-15(16-9-12-25-26-16)18(17)20(19(27)28)10-2-11-20/h1,3-9,12H,2,10-11H2,(H,25,26). The molecule has 2 aliphatic rings. The smallest absolute Gasteiger partial charge is 0.420 e. The number of ether oxygens (including phenoxy) is 1. The quantitative estimate of drug-likeness (QED) is 0.585. The highest BCUT2D eigenvalue weighted by atomic mass is 35.5. The van der Waals surface area contributed by atoms with E-state index in [2.05, 4.69) is 14.9 Å². The summed E-state index contributed by atoms with van der Waals surface area (Å²) in [7, 11) is 0. The Bertz CT molecular complexity index is 1070. The number of fused-ring (bicyclic) bond motifs is 2. The van der Waals surface area contributed by atoms with Crippen LogP contribution in [0.4, 0.5) is 20.2 Å². The Morgan fingerprint density at radius 2 is 1.90 bits per heavy atom. The number of H-pyrrole nitrogens is 1. The molecule has 29 heavy (non-hydrogen) atoms. The van der Waals surface area contributed by atoms with Crippen LogP contribution in [0.5, 0.6) is 5.75 Å². The molecule has 0 bridgehead atoms. The lowest BCUT2D eigenvalue weighted by atomic mass is 9.64. The third-order valence-corrected chi connectivity index (χ3v) is 5.78. The van der Waals surface area contributed by atoms with Gasteiger partial charge in [-0.05, 0) is 49.2 Å². The molecule has 8 heteroatoms. The topological polar surface area (TPSA) is 58.2 Å². The SMILES string of the molecule is O=C1N(c2ccc(OC(F)(F)Cl)cc2)c2cccc(-c3ccn[nH]3)c2C12CCC2. The maximum Gasteiger partial charge on any atom is 0.487 e. The van der Waals surface area contributed by atoms with Crippen LogP contribution < -0.4 is 9.64 Å². The third-order valence-electron chi connectivity index (χ3n) is 5.70. The van der Waals surface area contributed by atoms with Gasteiger partial charge in [0.15, 0.2) is 0 Å². The Hall–Kier alpha value is -2.93. The van der Waals surface area contributed by atoms with Gasteiger partial charge in [0.1, 0.15) is 5.75 Å². The minimum Gasteiger partial charge on any atom is -0.420 e. The van der Waals surface area contributed by atoms with E-state index < -0.39 is 11.0 Å². The second kappa shape index (κ2) is 6.29. The maximum atomic E-state index is 13.5. The first-order valence-corrected chi connectivity index (χ1v) is 9.60. The number of amides is 1. The summed E-state index contributed by atoms with van der Waals surface area (Å²) in [5.41, 5.74) is -0.145. The van der Waals surface area contributed by atoms with Crippen molar-refractivity contribution in [2.75, 3.05) is 4.90 Å². The van der Waals surface area contributed by atoms with Crippen molar-refractivity contribution in [3.63, 3.8) is 0 Å². The zero-order valence-electron chi connectivity index (χ0n) is 15.2. The summed E-state index contributed by atoms with van der Waals surface area (Å²) >= 11 is 4.83. The number of aromatic amines is 1. The van der Waals surface area contributed by atoms with Crippen LogP contribution in [-0.2, 0) is 10.2 Å². The van der Waals surface area contributed by atoms with Crippen molar-refractivity contribution in [2.24, 2.45) is 0 Å². The maximum absolute atomic E-state index is 13.5. The molecule has 0 atom stereocenters. The van der Waals surface area contributed by atoms with Crippen molar-refractivity contribution in [3.8, 4) is 17.0 Å². The molecule has 0 unspecified atom stereocenters. The zero-order valence-corrected chi connectivity index (χ0v) is 15.9. The van der Waals surface area contributed by atoms with Crippen LogP contribution >= 0.6 is 11.6 Å². The van der Waals surface area contributed by atoms with Crippen LogP contribution in [-0.4, -0.2) is 21.7 Å². The van der Waals surface area contributed by atoms with E-state index in [0.717, 1.165) is 41.8 Å². The molecule has 148 valence electrons. The zero-order chi connectivity index (χ0) is 20.2. The van der Waals surface area contributed by atoms with Crippen LogP contribution in [0.3, 0.4) is 0 Å². The van der Waals surface area contributed by atoms with E-state index in [0.29, 0.717) is 5.69 Å². The number of benzene rings is 2. The summed E-state index contributed by atoms with van der Waals surface area (Å²) in [6.45, 7) is 0. The molecule has 0 saturated heterocycles. The highest BCUT2D eigenvalue weighted by Gasteiger charge is 2.56. The van der Waals surface area contributed by atoms with Crippen molar-refractivity contribution in [2.45, 2.75) is 30.2 Å². The molecule has 1 N–H and O–H groups in total. The number of aromatic nitrogens is 2. The summed E-state index contributed by atoms with van der Waals surface area (Å²) in [6.07, 6.45) is 4.22. The van der Waals surface area contributed by atoms with E-state index in [1.54, 1.807) is 23.2 Å². The minimum atomic E-state index is -3.79. The van der Waals surface area contributed by atoms with Crippen molar-refractivity contribution in [1.82, 2.24) is 10.2 Å². The third kappa shape index (κ3) is 2.80. The number of carbonyl (C=O) groups is 1. The van der Waals surface area contributed by atoms with E-state index in [1.807, 2.05) is 24.3 Å². The molecule has 1 saturated carbocycles. The van der Waals surface area contributed by atoms with Gasteiger partial charge in [-0.2, -0.15) is 5.10 Å². The van der Waals surface area contributed by atoms with Gasteiger partial charge < -0.3 is 4.74 Å². The molecule has 1 amide bonds. The number of nitrogens with one attached hydrogen (secondary N) is 1. The second-order valence-corrected chi connectivity index (χ2v) is 7.73. The molecule has 1 aliphatic carbocycles. The highest BCUT2D eigenvalue weighted by molar-refractivity contribution is 6.20. The van der Waals surface area contributed by atoms with Crippen LogP contribution in [0, 0.1) is 0 Å². The Morgan fingerprint density at radius 3 is 2.48 bits per heavy atom. The molecule has 5 nitrogen and oxygen atoms in total. The molecule has 2 aromatic carbocycles. The van der Waals surface area contributed by atoms with Crippen molar-refractivity contribution in [3.05, 3.63) is 60.3 Å². The van der Waals surface area contributed by atoms with E-state index in [-0.39, 0.29) is 11.7 Å². The number of alkyl halides is 3. The number of rotatable bonds is 4. The predicted molar refractivity (Wildman–Crippen MR) is 105 cm³/mol. The summed E-state index contributed by atoms with van der Waals surface area (Å²) in [5.74, 6) is -0.0766. The lowest BCUT2D eigenvalue weighted by molar-refractivity contribution is -0.125. The predicted octanol–water partition coefficient (Wildman–Crippen LogP) is 5.34. The average Bonchev–Trinajstić information content (AvgIpc) is 3.24. The molecule has 5 rings (SSSR count). The Morgan fingerprint density at radius 1 is 1.14 bits per heavy atom. The Balaban J connectivity index is 1.60. The first-order chi connectivity index (χ1) is 13.9. The Labute approximate surface area is 170 Å². The number of hydrogen-bond acceptors (Lipinski definition) is 3. The van der Waals surface area contributed by atoms with E-state index in [4.69, 9.17) is 11.6 Å². The number of anilines is 2. The van der Waals surface area contributed by atoms with Gasteiger partial charge in [-0.3, -0.25) is 14.8 Å². The van der Waals surface area contributed by atoms with Crippen molar-refractivity contribution >= 4 is 28.9 Å². The molecular formula is C21H16ClF2N3O2. The summed E-state index contributed by atoms with van der Waals surface area (Å²) in [6, 6.07) is 13.6. The van der Waals surface area contributed by atoms with Crippen LogP contribution in [0.1, 0.15) is 24.8 Å². The normalized spacial score (nSPS) is 17.3. The van der Waals surface area contributed by atoms with Crippen LogP contribution in [0.2, 0.25) is 0 Å². The van der Waals surface area contributed by atoms with E-state index in [1.165, 1.54) is 12.1 Å². The fourth-order valence-corrected chi connectivity index (χ4v) is 4.43. The van der Waals surface area contributed by atoms with E-state index in [9.17, 15) is 13.6 Å². The molecule has 1 aliphatic heterocycles. The largest absolute Gasteiger partial charge is 0.487 e. The molecule has 3 aromatic rings. The fourth-order valence-electron chi connectivity index (χ4n) is 4.34. The first-order valence-electron chi connectivity index (χ1n) is 9.23. The van der Waals surface area contributed by atoms with Gasteiger partial charge in [0.2, 0.25) is 5.91 Å². The summed E-state index contributed by atoms with van der Waals surface area (Å²) < 4.78 is 30.1. The van der Waals surface area contributed by atoms with Crippen LogP contribution in [0.15, 0.2) is 54.7 Å². The average molecular weight is 416 g/mol. The lowest BCUT2D eigenvalue weighted by Gasteiger charge is -2.37. The van der Waals surface area contributed by atoms with Gasteiger partial charge in [0.05, 0.1) is 16.8 Å². The summed E-state index contributed by atoms with van der Waals surface area (Å²) in [5, 5.41) is 7.03. The lowest BCUT2D eigenvalue weighted by Crippen LogP contribution is -2.43.